The van der Waals surface area contributed by atoms with Gasteiger partial charge in [0, 0.05) is 0 Å². The van der Waals surface area contributed by atoms with Crippen molar-refractivity contribution in [3.8, 4) is 5.75 Å². The molecule has 13 heavy (non-hydrogen) atoms. The molecule has 68 valence electrons. The van der Waals surface area contributed by atoms with E-state index in [4.69, 9.17) is 4.74 Å². The molecule has 0 aromatic heterocycles. The SMILES string of the molecule is Cc1ccc2c(c1C)CCC(=O)O2. The fourth-order valence-corrected chi connectivity index (χ4v) is 1.66. The highest BCUT2D eigenvalue weighted by Gasteiger charge is 2.18. The Morgan fingerprint density at radius 2 is 2.00 bits per heavy atom. The van der Waals surface area contributed by atoms with Crippen molar-refractivity contribution in [3.05, 3.63) is 28.8 Å². The molecule has 0 aliphatic carbocycles. The van der Waals surface area contributed by atoms with Crippen molar-refractivity contribution in [2.75, 3.05) is 0 Å². The highest BCUT2D eigenvalue weighted by atomic mass is 16.5. The Balaban J connectivity index is 2.53. The molecule has 0 saturated heterocycles. The summed E-state index contributed by atoms with van der Waals surface area (Å²) >= 11 is 0. The third-order valence-electron chi connectivity index (χ3n) is 2.63. The van der Waals surface area contributed by atoms with Gasteiger partial charge in [-0.1, -0.05) is 6.07 Å². The van der Waals surface area contributed by atoms with Crippen molar-refractivity contribution in [1.82, 2.24) is 0 Å². The van der Waals surface area contributed by atoms with Gasteiger partial charge in [0.25, 0.3) is 0 Å². The van der Waals surface area contributed by atoms with Gasteiger partial charge in [-0.05, 0) is 43.0 Å². The normalized spacial score (nSPS) is 15.1. The van der Waals surface area contributed by atoms with E-state index < -0.39 is 0 Å². The molecule has 1 aromatic carbocycles. The minimum atomic E-state index is -0.115. The van der Waals surface area contributed by atoms with E-state index >= 15 is 0 Å². The van der Waals surface area contributed by atoms with Gasteiger partial charge in [-0.25, -0.2) is 0 Å². The summed E-state index contributed by atoms with van der Waals surface area (Å²) in [7, 11) is 0. The number of esters is 1. The molecule has 1 aliphatic heterocycles. The van der Waals surface area contributed by atoms with Crippen molar-refractivity contribution >= 4 is 5.97 Å². The average Bonchev–Trinajstić information content (AvgIpc) is 2.12. The standard InChI is InChI=1S/C11H12O2/c1-7-3-5-10-9(8(7)2)4-6-11(12)13-10/h3,5H,4,6H2,1-2H3. The monoisotopic (exact) mass is 176 g/mol. The zero-order chi connectivity index (χ0) is 9.42. The van der Waals surface area contributed by atoms with Crippen LogP contribution < -0.4 is 4.74 Å². The van der Waals surface area contributed by atoms with Crippen LogP contribution in [0.2, 0.25) is 0 Å². The van der Waals surface area contributed by atoms with Crippen molar-refractivity contribution in [1.29, 1.82) is 0 Å². The first-order chi connectivity index (χ1) is 6.18. The summed E-state index contributed by atoms with van der Waals surface area (Å²) in [4.78, 5) is 11.0. The number of fused-ring (bicyclic) bond motifs is 1. The van der Waals surface area contributed by atoms with Crippen LogP contribution in [0, 0.1) is 13.8 Å². The lowest BCUT2D eigenvalue weighted by Crippen LogP contribution is -2.16. The van der Waals surface area contributed by atoms with Gasteiger partial charge in [0.05, 0.1) is 6.42 Å². The lowest BCUT2D eigenvalue weighted by atomic mass is 9.97. The molecule has 0 atom stereocenters. The molecular formula is C11H12O2. The Labute approximate surface area is 77.5 Å². The summed E-state index contributed by atoms with van der Waals surface area (Å²) < 4.78 is 5.13. The Kier molecular flexibility index (Phi) is 1.83. The summed E-state index contributed by atoms with van der Waals surface area (Å²) in [6.45, 7) is 4.15. The molecule has 0 saturated carbocycles. The first-order valence-corrected chi connectivity index (χ1v) is 4.48. The van der Waals surface area contributed by atoms with Crippen LogP contribution in [0.15, 0.2) is 12.1 Å². The van der Waals surface area contributed by atoms with Crippen LogP contribution in [0.1, 0.15) is 23.1 Å². The summed E-state index contributed by atoms with van der Waals surface area (Å²) in [6, 6.07) is 3.88. The second-order valence-electron chi connectivity index (χ2n) is 3.46. The number of carbonyl (C=O) groups excluding carboxylic acids is 1. The lowest BCUT2D eigenvalue weighted by molar-refractivity contribution is -0.135. The second kappa shape index (κ2) is 2.87. The minimum Gasteiger partial charge on any atom is -0.426 e. The van der Waals surface area contributed by atoms with Crippen LogP contribution in [-0.2, 0) is 11.2 Å². The van der Waals surface area contributed by atoms with Gasteiger partial charge in [-0.2, -0.15) is 0 Å². The molecule has 0 unspecified atom stereocenters. The molecular weight excluding hydrogens is 164 g/mol. The van der Waals surface area contributed by atoms with Crippen LogP contribution in [0.5, 0.6) is 5.75 Å². The highest BCUT2D eigenvalue weighted by Crippen LogP contribution is 2.29. The first kappa shape index (κ1) is 8.30. The summed E-state index contributed by atoms with van der Waals surface area (Å²) in [6.07, 6.45) is 1.33. The molecule has 0 fully saturated rings. The average molecular weight is 176 g/mol. The second-order valence-corrected chi connectivity index (χ2v) is 3.46. The molecule has 2 nitrogen and oxygen atoms in total. The number of carbonyl (C=O) groups is 1. The van der Waals surface area contributed by atoms with Crippen LogP contribution in [-0.4, -0.2) is 5.97 Å². The molecule has 0 bridgehead atoms. The summed E-state index contributed by atoms with van der Waals surface area (Å²) in [5.41, 5.74) is 3.71. The molecule has 1 aliphatic rings. The molecule has 1 heterocycles. The number of aryl methyl sites for hydroxylation is 1. The van der Waals surface area contributed by atoms with Crippen molar-refractivity contribution < 1.29 is 9.53 Å². The predicted molar refractivity (Wildman–Crippen MR) is 49.9 cm³/mol. The third-order valence-corrected chi connectivity index (χ3v) is 2.63. The molecule has 0 amide bonds. The van der Waals surface area contributed by atoms with E-state index in [0.717, 1.165) is 12.2 Å². The van der Waals surface area contributed by atoms with Crippen molar-refractivity contribution in [2.24, 2.45) is 0 Å². The number of rotatable bonds is 0. The molecule has 1 aromatic rings. The fourth-order valence-electron chi connectivity index (χ4n) is 1.66. The van der Waals surface area contributed by atoms with E-state index in [0.29, 0.717) is 6.42 Å². The Hall–Kier alpha value is -1.31. The van der Waals surface area contributed by atoms with Gasteiger partial charge in [-0.3, -0.25) is 4.79 Å². The Morgan fingerprint density at radius 3 is 2.77 bits per heavy atom. The van der Waals surface area contributed by atoms with Crippen LogP contribution in [0.3, 0.4) is 0 Å². The Morgan fingerprint density at radius 1 is 1.23 bits per heavy atom. The van der Waals surface area contributed by atoms with E-state index in [1.165, 1.54) is 16.7 Å². The van der Waals surface area contributed by atoms with Crippen molar-refractivity contribution in [3.63, 3.8) is 0 Å². The van der Waals surface area contributed by atoms with Gasteiger partial charge in [0.15, 0.2) is 0 Å². The molecule has 0 radical (unpaired) electrons. The van der Waals surface area contributed by atoms with E-state index in [1.807, 2.05) is 12.1 Å². The van der Waals surface area contributed by atoms with Gasteiger partial charge < -0.3 is 4.74 Å². The largest absolute Gasteiger partial charge is 0.426 e. The van der Waals surface area contributed by atoms with Gasteiger partial charge >= 0.3 is 5.97 Å². The van der Waals surface area contributed by atoms with E-state index in [-0.39, 0.29) is 5.97 Å². The highest BCUT2D eigenvalue weighted by molar-refractivity contribution is 5.75. The van der Waals surface area contributed by atoms with Crippen LogP contribution in [0.4, 0.5) is 0 Å². The van der Waals surface area contributed by atoms with E-state index in [9.17, 15) is 4.79 Å². The number of benzene rings is 1. The zero-order valence-corrected chi connectivity index (χ0v) is 7.89. The van der Waals surface area contributed by atoms with Gasteiger partial charge in [0.1, 0.15) is 5.75 Å². The molecule has 0 N–H and O–H groups in total. The number of hydrogen-bond acceptors (Lipinski definition) is 2. The maximum Gasteiger partial charge on any atom is 0.311 e. The number of hydrogen-bond donors (Lipinski definition) is 0. The quantitative estimate of drug-likeness (QED) is 0.447. The zero-order valence-electron chi connectivity index (χ0n) is 7.89. The van der Waals surface area contributed by atoms with E-state index in [1.54, 1.807) is 0 Å². The van der Waals surface area contributed by atoms with Gasteiger partial charge in [0.2, 0.25) is 0 Å². The smallest absolute Gasteiger partial charge is 0.311 e. The molecule has 2 heteroatoms. The lowest BCUT2D eigenvalue weighted by Gasteiger charge is -2.18. The van der Waals surface area contributed by atoms with Gasteiger partial charge in [-0.15, -0.1) is 0 Å². The maximum atomic E-state index is 11.0. The van der Waals surface area contributed by atoms with Crippen LogP contribution >= 0.6 is 0 Å². The summed E-state index contributed by atoms with van der Waals surface area (Å²) in [5, 5.41) is 0. The third kappa shape index (κ3) is 1.32. The first-order valence-electron chi connectivity index (χ1n) is 4.48. The minimum absolute atomic E-state index is 0.115. The topological polar surface area (TPSA) is 26.3 Å². The van der Waals surface area contributed by atoms with Crippen molar-refractivity contribution in [2.45, 2.75) is 26.7 Å². The fraction of sp³-hybridized carbons (Fsp3) is 0.364. The van der Waals surface area contributed by atoms with Crippen LogP contribution in [0.25, 0.3) is 0 Å². The Bertz CT molecular complexity index is 367. The summed E-state index contributed by atoms with van der Waals surface area (Å²) in [5.74, 6) is 0.634. The molecule has 0 spiro atoms. The number of ether oxygens (including phenoxy) is 1. The van der Waals surface area contributed by atoms with E-state index in [2.05, 4.69) is 13.8 Å². The predicted octanol–water partition coefficient (Wildman–Crippen LogP) is 2.16. The maximum absolute atomic E-state index is 11.0. The molecule has 2 rings (SSSR count).